The number of halogens is 1. The van der Waals surface area contributed by atoms with E-state index in [0.29, 0.717) is 29.2 Å². The van der Waals surface area contributed by atoms with Crippen LogP contribution in [0.1, 0.15) is 12.8 Å². The van der Waals surface area contributed by atoms with E-state index in [1.807, 2.05) is 0 Å². The number of aliphatic hydroxyl groups excluding tert-OH is 1. The monoisotopic (exact) mass is 331 g/mol. The molecule has 0 amide bonds. The summed E-state index contributed by atoms with van der Waals surface area (Å²) in [7, 11) is 1.59. The first-order valence-electron chi connectivity index (χ1n) is 6.28. The summed E-state index contributed by atoms with van der Waals surface area (Å²) in [6.07, 6.45) is 3.12. The molecule has 0 radical (unpaired) electrons. The highest BCUT2D eigenvalue weighted by Gasteiger charge is 2.26. The largest absolute Gasteiger partial charge is 0.393 e. The lowest BCUT2D eigenvalue weighted by Gasteiger charge is -2.31. The van der Waals surface area contributed by atoms with Gasteiger partial charge < -0.3 is 15.2 Å². The van der Waals surface area contributed by atoms with Crippen molar-refractivity contribution in [2.75, 3.05) is 25.6 Å². The molecule has 6 nitrogen and oxygen atoms in total. The number of ether oxygens (including phenoxy) is 1. The highest BCUT2D eigenvalue weighted by atomic mass is 79.9. The first kappa shape index (κ1) is 14.5. The highest BCUT2D eigenvalue weighted by Crippen LogP contribution is 2.27. The molecule has 1 aliphatic rings. The van der Waals surface area contributed by atoms with Gasteiger partial charge in [-0.05, 0) is 34.7 Å². The Balaban J connectivity index is 1.97. The van der Waals surface area contributed by atoms with Crippen molar-refractivity contribution in [3.63, 3.8) is 0 Å². The summed E-state index contributed by atoms with van der Waals surface area (Å²) >= 11 is 3.30. The number of nitrogens with zero attached hydrogens (tertiary/aromatic N) is 2. The van der Waals surface area contributed by atoms with Gasteiger partial charge in [0.25, 0.3) is 5.56 Å². The topological polar surface area (TPSA) is 76.4 Å². The summed E-state index contributed by atoms with van der Waals surface area (Å²) in [5, 5.41) is 16.5. The zero-order valence-electron chi connectivity index (χ0n) is 10.8. The maximum atomic E-state index is 12.0. The molecule has 2 N–H and O–H groups in total. The smallest absolute Gasteiger partial charge is 0.283 e. The quantitative estimate of drug-likeness (QED) is 0.807. The van der Waals surface area contributed by atoms with E-state index in [-0.39, 0.29) is 11.7 Å². The van der Waals surface area contributed by atoms with Crippen molar-refractivity contribution in [3.8, 4) is 0 Å². The van der Waals surface area contributed by atoms with Crippen molar-refractivity contribution in [1.82, 2.24) is 9.78 Å². The number of aliphatic hydroxyl groups is 1. The van der Waals surface area contributed by atoms with E-state index in [9.17, 15) is 9.90 Å². The summed E-state index contributed by atoms with van der Waals surface area (Å²) in [5.74, 6) is 0.470. The fourth-order valence-electron chi connectivity index (χ4n) is 2.05. The molecule has 106 valence electrons. The number of anilines is 1. The molecule has 1 fully saturated rings. The molecule has 1 aromatic rings. The third-order valence-corrected chi connectivity index (χ3v) is 4.05. The molecule has 1 aliphatic carbocycles. The maximum absolute atomic E-state index is 12.0. The van der Waals surface area contributed by atoms with Gasteiger partial charge in [-0.3, -0.25) is 4.79 Å². The van der Waals surface area contributed by atoms with Crippen LogP contribution in [0.2, 0.25) is 0 Å². The predicted molar refractivity (Wildman–Crippen MR) is 75.3 cm³/mol. The van der Waals surface area contributed by atoms with Gasteiger partial charge in [0, 0.05) is 13.7 Å². The van der Waals surface area contributed by atoms with E-state index < -0.39 is 0 Å². The normalized spacial score (nSPS) is 22.1. The van der Waals surface area contributed by atoms with Gasteiger partial charge in [0.15, 0.2) is 0 Å². The number of aromatic nitrogens is 2. The average molecular weight is 332 g/mol. The second-order valence-corrected chi connectivity index (χ2v) is 5.56. The van der Waals surface area contributed by atoms with E-state index in [1.165, 1.54) is 4.68 Å². The van der Waals surface area contributed by atoms with Crippen molar-refractivity contribution in [2.24, 2.45) is 5.92 Å². The van der Waals surface area contributed by atoms with E-state index in [1.54, 1.807) is 13.3 Å². The first-order chi connectivity index (χ1) is 9.11. The van der Waals surface area contributed by atoms with E-state index in [2.05, 4.69) is 26.3 Å². The number of nitrogens with one attached hydrogen (secondary N) is 1. The Hall–Kier alpha value is -0.920. The summed E-state index contributed by atoms with van der Waals surface area (Å²) in [6.45, 7) is 1.63. The summed E-state index contributed by atoms with van der Waals surface area (Å²) < 4.78 is 6.78. The lowest BCUT2D eigenvalue weighted by molar-refractivity contribution is 0.0487. The molecule has 0 aromatic carbocycles. The lowest BCUT2D eigenvalue weighted by atomic mass is 9.82. The van der Waals surface area contributed by atoms with Crippen LogP contribution in [0.3, 0.4) is 0 Å². The molecule has 1 heterocycles. The molecule has 0 atom stereocenters. The van der Waals surface area contributed by atoms with E-state index in [0.717, 1.165) is 19.4 Å². The van der Waals surface area contributed by atoms with Crippen molar-refractivity contribution >= 4 is 21.6 Å². The van der Waals surface area contributed by atoms with Crippen LogP contribution < -0.4 is 10.9 Å². The molecule has 2 rings (SSSR count). The fourth-order valence-corrected chi connectivity index (χ4v) is 2.49. The van der Waals surface area contributed by atoms with E-state index >= 15 is 0 Å². The predicted octanol–water partition coefficient (Wildman–Crippen LogP) is 0.835. The number of methoxy groups -OCH3 is 1. The number of rotatable bonds is 6. The van der Waals surface area contributed by atoms with Crippen LogP contribution in [-0.2, 0) is 11.3 Å². The SMILES string of the molecule is COCCn1ncc(NCC2CC(O)C2)c(Br)c1=O. The second kappa shape index (κ2) is 6.49. The van der Waals surface area contributed by atoms with Crippen LogP contribution in [0.25, 0.3) is 0 Å². The minimum Gasteiger partial charge on any atom is -0.393 e. The Kier molecular flexibility index (Phi) is 4.95. The molecule has 1 aromatic heterocycles. The molecular formula is C12H18BrN3O3. The number of hydrogen-bond donors (Lipinski definition) is 2. The Bertz CT molecular complexity index is 486. The van der Waals surface area contributed by atoms with Gasteiger partial charge in [-0.15, -0.1) is 0 Å². The Morgan fingerprint density at radius 2 is 2.37 bits per heavy atom. The third-order valence-electron chi connectivity index (χ3n) is 3.28. The zero-order chi connectivity index (χ0) is 13.8. The molecule has 1 saturated carbocycles. The van der Waals surface area contributed by atoms with E-state index in [4.69, 9.17) is 4.74 Å². The summed E-state index contributed by atoms with van der Waals surface area (Å²) in [4.78, 5) is 12.0. The Morgan fingerprint density at radius 3 is 3.00 bits per heavy atom. The first-order valence-corrected chi connectivity index (χ1v) is 7.07. The van der Waals surface area contributed by atoms with Crippen LogP contribution in [0.4, 0.5) is 5.69 Å². The van der Waals surface area contributed by atoms with Crippen LogP contribution in [-0.4, -0.2) is 41.3 Å². The summed E-state index contributed by atoms with van der Waals surface area (Å²) in [5.41, 5.74) is 0.524. The zero-order valence-corrected chi connectivity index (χ0v) is 12.4. The van der Waals surface area contributed by atoms with Gasteiger partial charge in [0.1, 0.15) is 4.47 Å². The summed E-state index contributed by atoms with van der Waals surface area (Å²) in [6, 6.07) is 0. The van der Waals surface area contributed by atoms with Gasteiger partial charge in [-0.1, -0.05) is 0 Å². The standard InChI is InChI=1S/C12H18BrN3O3/c1-19-3-2-16-12(18)11(13)10(7-15-16)14-6-8-4-9(17)5-8/h7-9,14,17H,2-6H2,1H3. The molecule has 0 aliphatic heterocycles. The fraction of sp³-hybridized carbons (Fsp3) is 0.667. The van der Waals surface area contributed by atoms with Gasteiger partial charge in [-0.2, -0.15) is 5.10 Å². The minimum absolute atomic E-state index is 0.157. The van der Waals surface area contributed by atoms with Crippen molar-refractivity contribution < 1.29 is 9.84 Å². The molecule has 7 heteroatoms. The van der Waals surface area contributed by atoms with Gasteiger partial charge in [-0.25, -0.2) is 4.68 Å². The third kappa shape index (κ3) is 3.55. The van der Waals surface area contributed by atoms with Gasteiger partial charge in [0.2, 0.25) is 0 Å². The van der Waals surface area contributed by atoms with Crippen molar-refractivity contribution in [1.29, 1.82) is 0 Å². The molecule has 0 saturated heterocycles. The van der Waals surface area contributed by atoms with Crippen LogP contribution in [0, 0.1) is 5.92 Å². The molecular weight excluding hydrogens is 314 g/mol. The number of hydrogen-bond acceptors (Lipinski definition) is 5. The second-order valence-electron chi connectivity index (χ2n) is 4.77. The van der Waals surface area contributed by atoms with Crippen molar-refractivity contribution in [2.45, 2.75) is 25.5 Å². The van der Waals surface area contributed by atoms with Gasteiger partial charge >= 0.3 is 0 Å². The molecule has 0 bridgehead atoms. The van der Waals surface area contributed by atoms with Gasteiger partial charge in [0.05, 0.1) is 31.1 Å². The average Bonchev–Trinajstić information content (AvgIpc) is 2.36. The van der Waals surface area contributed by atoms with Crippen LogP contribution in [0.15, 0.2) is 15.5 Å². The Labute approximate surface area is 119 Å². The van der Waals surface area contributed by atoms with Crippen LogP contribution >= 0.6 is 15.9 Å². The maximum Gasteiger partial charge on any atom is 0.283 e. The Morgan fingerprint density at radius 1 is 1.63 bits per heavy atom. The minimum atomic E-state index is -0.171. The highest BCUT2D eigenvalue weighted by molar-refractivity contribution is 9.10. The molecule has 0 spiro atoms. The molecule has 19 heavy (non-hydrogen) atoms. The lowest BCUT2D eigenvalue weighted by Crippen LogP contribution is -2.34. The van der Waals surface area contributed by atoms with Crippen LogP contribution in [0.5, 0.6) is 0 Å². The molecule has 0 unspecified atom stereocenters. The van der Waals surface area contributed by atoms with Crippen molar-refractivity contribution in [3.05, 3.63) is 21.0 Å².